The zero-order chi connectivity index (χ0) is 18.7. The van der Waals surface area contributed by atoms with E-state index in [1.807, 2.05) is 0 Å². The van der Waals surface area contributed by atoms with Crippen LogP contribution in [0.2, 0.25) is 0 Å². The van der Waals surface area contributed by atoms with Crippen LogP contribution in [0.4, 0.5) is 0 Å². The second-order valence-electron chi connectivity index (χ2n) is 8.12. The molecule has 5 rings (SSSR count). The molecule has 2 aromatic heterocycles. The highest BCUT2D eigenvalue weighted by Gasteiger charge is 2.17. The quantitative estimate of drug-likeness (QED) is 0.311. The lowest BCUT2D eigenvalue weighted by Gasteiger charge is -2.14. The van der Waals surface area contributed by atoms with Crippen LogP contribution in [-0.2, 0) is 0 Å². The van der Waals surface area contributed by atoms with E-state index in [0.717, 1.165) is 11.2 Å². The van der Waals surface area contributed by atoms with Gasteiger partial charge in [0.05, 0.1) is 16.6 Å². The van der Waals surface area contributed by atoms with Gasteiger partial charge in [0, 0.05) is 10.8 Å². The molecule has 0 fully saturated rings. The van der Waals surface area contributed by atoms with Crippen molar-refractivity contribution in [2.45, 2.75) is 39.5 Å². The van der Waals surface area contributed by atoms with Crippen molar-refractivity contribution in [1.82, 2.24) is 9.38 Å². The molecule has 0 saturated carbocycles. The Balaban J connectivity index is 2.11. The van der Waals surface area contributed by atoms with Crippen molar-refractivity contribution in [3.63, 3.8) is 0 Å². The number of nitrogens with zero attached hydrogens (tertiary/aromatic N) is 2. The van der Waals surface area contributed by atoms with Crippen molar-refractivity contribution in [1.29, 1.82) is 0 Å². The fraction of sp³-hybridized carbons (Fsp3) is 0.240. The van der Waals surface area contributed by atoms with E-state index in [4.69, 9.17) is 4.98 Å². The molecule has 27 heavy (non-hydrogen) atoms. The maximum Gasteiger partial charge on any atom is 0.146 e. The molecule has 0 aliphatic carbocycles. The van der Waals surface area contributed by atoms with Crippen LogP contribution < -0.4 is 0 Å². The third-order valence-corrected chi connectivity index (χ3v) is 5.72. The molecule has 0 unspecified atom stereocenters. The van der Waals surface area contributed by atoms with Crippen molar-refractivity contribution in [2.24, 2.45) is 0 Å². The standard InChI is InChI=1S/C25H24N2/c1-15(2)17-12-13-21-23(14-17)27-22-11-6-5-8-19(22)20-10-7-9-18(16(3)4)24(20)25(27)26-21/h5-16H,1-4H3. The molecular weight excluding hydrogens is 328 g/mol. The van der Waals surface area contributed by atoms with Gasteiger partial charge >= 0.3 is 0 Å². The van der Waals surface area contributed by atoms with Crippen LogP contribution in [0.1, 0.15) is 50.7 Å². The number of imidazole rings is 1. The first kappa shape index (κ1) is 16.3. The summed E-state index contributed by atoms with van der Waals surface area (Å²) in [6.45, 7) is 9.02. The number of aromatic nitrogens is 2. The number of pyridine rings is 1. The van der Waals surface area contributed by atoms with Gasteiger partial charge in [0.2, 0.25) is 0 Å². The number of benzene rings is 3. The fourth-order valence-corrected chi connectivity index (χ4v) is 4.28. The van der Waals surface area contributed by atoms with Gasteiger partial charge in [-0.05, 0) is 46.5 Å². The molecule has 0 bridgehead atoms. The predicted molar refractivity (Wildman–Crippen MR) is 116 cm³/mol. The van der Waals surface area contributed by atoms with Crippen LogP contribution in [0.5, 0.6) is 0 Å². The number of hydrogen-bond donors (Lipinski definition) is 0. The minimum atomic E-state index is 0.449. The molecule has 2 nitrogen and oxygen atoms in total. The Hall–Kier alpha value is -2.87. The molecule has 0 saturated heterocycles. The van der Waals surface area contributed by atoms with Crippen molar-refractivity contribution in [3.8, 4) is 0 Å². The molecule has 0 aliphatic rings. The van der Waals surface area contributed by atoms with Gasteiger partial charge in [-0.3, -0.25) is 4.40 Å². The van der Waals surface area contributed by atoms with Crippen LogP contribution in [0, 0.1) is 0 Å². The lowest BCUT2D eigenvalue weighted by Crippen LogP contribution is -1.96. The highest BCUT2D eigenvalue weighted by Crippen LogP contribution is 2.36. The molecule has 0 spiro atoms. The molecule has 0 N–H and O–H groups in total. The number of rotatable bonds is 2. The van der Waals surface area contributed by atoms with Crippen molar-refractivity contribution < 1.29 is 0 Å². The molecule has 3 aromatic carbocycles. The van der Waals surface area contributed by atoms with Crippen LogP contribution in [0.15, 0.2) is 60.7 Å². The van der Waals surface area contributed by atoms with Crippen LogP contribution in [0.3, 0.4) is 0 Å². The number of para-hydroxylation sites is 1. The van der Waals surface area contributed by atoms with Gasteiger partial charge in [-0.25, -0.2) is 4.98 Å². The Bertz CT molecular complexity index is 1320. The molecular formula is C25H24N2. The van der Waals surface area contributed by atoms with Gasteiger partial charge in [-0.2, -0.15) is 0 Å². The summed E-state index contributed by atoms with van der Waals surface area (Å²) in [6.07, 6.45) is 0. The topological polar surface area (TPSA) is 17.3 Å². The highest BCUT2D eigenvalue weighted by molar-refractivity contribution is 6.15. The average Bonchev–Trinajstić information content (AvgIpc) is 3.06. The molecule has 0 atom stereocenters. The van der Waals surface area contributed by atoms with Gasteiger partial charge in [0.15, 0.2) is 0 Å². The third-order valence-electron chi connectivity index (χ3n) is 5.72. The van der Waals surface area contributed by atoms with E-state index in [1.165, 1.54) is 38.3 Å². The van der Waals surface area contributed by atoms with Gasteiger partial charge < -0.3 is 0 Å². The van der Waals surface area contributed by atoms with E-state index in [2.05, 4.69) is 92.8 Å². The number of fused-ring (bicyclic) bond motifs is 8. The Morgan fingerprint density at radius 3 is 2.30 bits per heavy atom. The zero-order valence-electron chi connectivity index (χ0n) is 16.3. The summed E-state index contributed by atoms with van der Waals surface area (Å²) in [4.78, 5) is 5.10. The maximum atomic E-state index is 5.10. The SMILES string of the molecule is CC(C)c1ccc2nc3c4c(C(C)C)cccc4c4ccccc4n3c2c1. The van der Waals surface area contributed by atoms with Gasteiger partial charge in [0.1, 0.15) is 5.65 Å². The van der Waals surface area contributed by atoms with Crippen LogP contribution >= 0.6 is 0 Å². The van der Waals surface area contributed by atoms with E-state index in [1.54, 1.807) is 0 Å². The molecule has 5 aromatic rings. The molecule has 134 valence electrons. The minimum Gasteiger partial charge on any atom is -0.292 e. The molecule has 0 aliphatic heterocycles. The summed E-state index contributed by atoms with van der Waals surface area (Å²) in [7, 11) is 0. The number of hydrogen-bond acceptors (Lipinski definition) is 1. The normalized spacial score (nSPS) is 12.4. The Labute approximate surface area is 159 Å². The summed E-state index contributed by atoms with van der Waals surface area (Å²) in [5.74, 6) is 0.947. The smallest absolute Gasteiger partial charge is 0.146 e. The summed E-state index contributed by atoms with van der Waals surface area (Å²) in [5.41, 5.74) is 7.28. The summed E-state index contributed by atoms with van der Waals surface area (Å²) >= 11 is 0. The molecule has 0 amide bonds. The molecule has 2 heterocycles. The van der Waals surface area contributed by atoms with E-state index < -0.39 is 0 Å². The third kappa shape index (κ3) is 2.29. The first-order chi connectivity index (χ1) is 13.1. The van der Waals surface area contributed by atoms with Crippen molar-refractivity contribution >= 4 is 38.4 Å². The highest BCUT2D eigenvalue weighted by atomic mass is 15.0. The molecule has 0 radical (unpaired) electrons. The summed E-state index contributed by atoms with van der Waals surface area (Å²) in [6, 6.07) is 22.1. The van der Waals surface area contributed by atoms with Crippen molar-refractivity contribution in [3.05, 3.63) is 71.8 Å². The first-order valence-corrected chi connectivity index (χ1v) is 9.81. The second kappa shape index (κ2) is 5.82. The van der Waals surface area contributed by atoms with E-state index in [0.29, 0.717) is 11.8 Å². The van der Waals surface area contributed by atoms with Gasteiger partial charge in [-0.1, -0.05) is 70.2 Å². The average molecular weight is 352 g/mol. The predicted octanol–water partition coefficient (Wildman–Crippen LogP) is 7.04. The van der Waals surface area contributed by atoms with Gasteiger partial charge in [0.25, 0.3) is 0 Å². The van der Waals surface area contributed by atoms with E-state index >= 15 is 0 Å². The fourth-order valence-electron chi connectivity index (χ4n) is 4.28. The second-order valence-corrected chi connectivity index (χ2v) is 8.12. The maximum absolute atomic E-state index is 5.10. The zero-order valence-corrected chi connectivity index (χ0v) is 16.3. The van der Waals surface area contributed by atoms with Crippen LogP contribution in [-0.4, -0.2) is 9.38 Å². The summed E-state index contributed by atoms with van der Waals surface area (Å²) < 4.78 is 2.37. The summed E-state index contributed by atoms with van der Waals surface area (Å²) in [5, 5.41) is 3.87. The van der Waals surface area contributed by atoms with E-state index in [-0.39, 0.29) is 0 Å². The Morgan fingerprint density at radius 2 is 1.52 bits per heavy atom. The van der Waals surface area contributed by atoms with Crippen LogP contribution in [0.25, 0.3) is 38.4 Å². The molecule has 2 heteroatoms. The largest absolute Gasteiger partial charge is 0.292 e. The van der Waals surface area contributed by atoms with E-state index in [9.17, 15) is 0 Å². The minimum absolute atomic E-state index is 0.449. The first-order valence-electron chi connectivity index (χ1n) is 9.81. The lowest BCUT2D eigenvalue weighted by atomic mass is 9.95. The van der Waals surface area contributed by atoms with Gasteiger partial charge in [-0.15, -0.1) is 0 Å². The Morgan fingerprint density at radius 1 is 0.741 bits per heavy atom. The monoisotopic (exact) mass is 352 g/mol. The lowest BCUT2D eigenvalue weighted by molar-refractivity contribution is 0.868. The Kier molecular flexibility index (Phi) is 3.51. The van der Waals surface area contributed by atoms with Crippen molar-refractivity contribution in [2.75, 3.05) is 0 Å².